The van der Waals surface area contributed by atoms with Crippen molar-refractivity contribution in [2.45, 2.75) is 71.6 Å². The first-order valence-corrected chi connectivity index (χ1v) is 13.7. The normalized spacial score (nSPS) is 15.1. The van der Waals surface area contributed by atoms with Crippen LogP contribution < -0.4 is 5.32 Å². The molecule has 0 saturated carbocycles. The highest BCUT2D eigenvalue weighted by atomic mass is 35.5. The molecular weight excluding hydrogens is 535 g/mol. The fourth-order valence-corrected chi connectivity index (χ4v) is 4.83. The van der Waals surface area contributed by atoms with E-state index in [4.69, 9.17) is 25.9 Å². The number of nitrogens with one attached hydrogen (secondary N) is 1. The molecule has 1 aromatic carbocycles. The summed E-state index contributed by atoms with van der Waals surface area (Å²) in [6.07, 6.45) is 4.96. The Hall–Kier alpha value is -3.66. The number of benzene rings is 1. The van der Waals surface area contributed by atoms with E-state index in [0.717, 1.165) is 24.1 Å². The topological polar surface area (TPSA) is 98.3 Å². The van der Waals surface area contributed by atoms with Gasteiger partial charge in [-0.2, -0.15) is 5.10 Å². The van der Waals surface area contributed by atoms with Gasteiger partial charge >= 0.3 is 6.09 Å². The van der Waals surface area contributed by atoms with Gasteiger partial charge in [-0.15, -0.1) is 0 Å². The van der Waals surface area contributed by atoms with Crippen LogP contribution in [0.5, 0.6) is 0 Å². The molecule has 0 spiro atoms. The van der Waals surface area contributed by atoms with E-state index in [1.807, 2.05) is 64.6 Å². The van der Waals surface area contributed by atoms with Gasteiger partial charge in [0.05, 0.1) is 17.3 Å². The second-order valence-corrected chi connectivity index (χ2v) is 12.6. The molecule has 0 aliphatic carbocycles. The minimum atomic E-state index is -0.577. The summed E-state index contributed by atoms with van der Waals surface area (Å²) in [6, 6.07) is 6.75. The summed E-state index contributed by atoms with van der Waals surface area (Å²) in [7, 11) is 0. The number of likely N-dealkylation sites (tertiary alicyclic amines) is 1. The minimum absolute atomic E-state index is 0.0357. The number of ether oxygens (including phenoxy) is 1. The zero-order chi connectivity index (χ0) is 28.8. The van der Waals surface area contributed by atoms with Crippen molar-refractivity contribution < 1.29 is 18.3 Å². The number of hydrogen-bond acceptors (Lipinski definition) is 7. The summed E-state index contributed by atoms with van der Waals surface area (Å²) >= 11 is 6.04. The predicted octanol–water partition coefficient (Wildman–Crippen LogP) is 7.33. The molecule has 0 unspecified atom stereocenters. The molecule has 0 atom stereocenters. The van der Waals surface area contributed by atoms with E-state index >= 15 is 0 Å². The molecular formula is C29H34ClFN6O3. The number of aromatic nitrogens is 4. The number of nitrogens with zero attached hydrogens (tertiary/aromatic N) is 5. The third kappa shape index (κ3) is 6.22. The van der Waals surface area contributed by atoms with Crippen molar-refractivity contribution >= 4 is 34.6 Å². The molecule has 40 heavy (non-hydrogen) atoms. The average molecular weight is 569 g/mol. The fourth-order valence-electron chi connectivity index (χ4n) is 4.63. The van der Waals surface area contributed by atoms with Gasteiger partial charge in [-0.3, -0.25) is 4.68 Å². The Kier molecular flexibility index (Phi) is 7.24. The lowest BCUT2D eigenvalue weighted by atomic mass is 10.1. The van der Waals surface area contributed by atoms with Crippen molar-refractivity contribution in [1.82, 2.24) is 24.6 Å². The number of carbonyl (C=O) groups excluding carboxylic acids is 1. The highest BCUT2D eigenvalue weighted by Crippen LogP contribution is 2.35. The van der Waals surface area contributed by atoms with Crippen LogP contribution in [-0.2, 0) is 4.74 Å². The van der Waals surface area contributed by atoms with Crippen LogP contribution in [0, 0.1) is 5.82 Å². The maximum Gasteiger partial charge on any atom is 0.410 e. The number of rotatable bonds is 4. The Morgan fingerprint density at radius 3 is 2.55 bits per heavy atom. The van der Waals surface area contributed by atoms with Crippen LogP contribution in [0.25, 0.3) is 33.8 Å². The average Bonchev–Trinajstić information content (AvgIpc) is 3.50. The third-order valence-electron chi connectivity index (χ3n) is 6.42. The van der Waals surface area contributed by atoms with Crippen LogP contribution in [0.1, 0.15) is 60.4 Å². The Bertz CT molecular complexity index is 1540. The number of halogens is 2. The van der Waals surface area contributed by atoms with Gasteiger partial charge in [0.2, 0.25) is 5.89 Å². The number of anilines is 1. The van der Waals surface area contributed by atoms with Gasteiger partial charge in [0.25, 0.3) is 0 Å². The van der Waals surface area contributed by atoms with E-state index in [9.17, 15) is 9.18 Å². The number of oxazole rings is 1. The van der Waals surface area contributed by atoms with Crippen molar-refractivity contribution in [2.75, 3.05) is 18.4 Å². The molecule has 0 bridgehead atoms. The lowest BCUT2D eigenvalue weighted by Gasteiger charge is -2.33. The predicted molar refractivity (Wildman–Crippen MR) is 153 cm³/mol. The van der Waals surface area contributed by atoms with E-state index < -0.39 is 11.4 Å². The molecule has 1 aliphatic heterocycles. The van der Waals surface area contributed by atoms with Crippen LogP contribution >= 0.6 is 11.6 Å². The maximum atomic E-state index is 14.5. The number of hydrogen-bond donors (Lipinski definition) is 1. The van der Waals surface area contributed by atoms with E-state index in [2.05, 4.69) is 15.3 Å². The summed E-state index contributed by atoms with van der Waals surface area (Å²) in [5, 5.41) is 8.46. The molecule has 5 rings (SSSR count). The Morgan fingerprint density at radius 1 is 1.15 bits per heavy atom. The van der Waals surface area contributed by atoms with Crippen molar-refractivity contribution in [3.8, 4) is 22.7 Å². The van der Waals surface area contributed by atoms with Crippen LogP contribution in [0.2, 0.25) is 5.02 Å². The number of carbonyl (C=O) groups is 1. The Morgan fingerprint density at radius 2 is 1.88 bits per heavy atom. The molecule has 0 radical (unpaired) electrons. The smallest absolute Gasteiger partial charge is 0.410 e. The van der Waals surface area contributed by atoms with Crippen LogP contribution in [0.3, 0.4) is 0 Å². The van der Waals surface area contributed by atoms with Gasteiger partial charge in [0.1, 0.15) is 16.9 Å². The largest absolute Gasteiger partial charge is 0.444 e. The Balaban J connectivity index is 1.41. The molecule has 1 saturated heterocycles. The van der Waals surface area contributed by atoms with E-state index in [1.165, 1.54) is 6.07 Å². The minimum Gasteiger partial charge on any atom is -0.444 e. The third-order valence-corrected chi connectivity index (χ3v) is 6.63. The van der Waals surface area contributed by atoms with Gasteiger partial charge < -0.3 is 19.4 Å². The first kappa shape index (κ1) is 27.9. The number of pyridine rings is 1. The summed E-state index contributed by atoms with van der Waals surface area (Å²) in [5.74, 6) is 0.210. The molecule has 1 amide bonds. The molecule has 1 fully saturated rings. The monoisotopic (exact) mass is 568 g/mol. The molecule has 212 valence electrons. The van der Waals surface area contributed by atoms with Crippen LogP contribution in [-0.4, -0.2) is 55.0 Å². The summed E-state index contributed by atoms with van der Waals surface area (Å²) in [5.41, 5.74) is 1.63. The summed E-state index contributed by atoms with van der Waals surface area (Å²) < 4.78 is 27.8. The molecule has 3 aromatic heterocycles. The van der Waals surface area contributed by atoms with Crippen molar-refractivity contribution in [2.24, 2.45) is 0 Å². The lowest BCUT2D eigenvalue weighted by molar-refractivity contribution is 0.0185. The van der Waals surface area contributed by atoms with Gasteiger partial charge in [-0.1, -0.05) is 11.6 Å². The molecule has 9 nitrogen and oxygen atoms in total. The second kappa shape index (κ2) is 10.4. The number of fused-ring (bicyclic) bond motifs is 1. The summed E-state index contributed by atoms with van der Waals surface area (Å²) in [6.45, 7) is 12.9. The molecule has 1 N–H and O–H groups in total. The van der Waals surface area contributed by atoms with Crippen LogP contribution in [0.4, 0.5) is 15.0 Å². The van der Waals surface area contributed by atoms with Crippen molar-refractivity contribution in [3.05, 3.63) is 47.5 Å². The SMILES string of the molecule is CC(C)(C)Nc1ncc(-c2ccn(C3CCN(C(=O)OC(C)(C)C)CC3)n2)cc1-c1nc2cc(Cl)cc(F)c2o1. The quantitative estimate of drug-likeness (QED) is 0.275. The molecule has 4 aromatic rings. The van der Waals surface area contributed by atoms with Crippen molar-refractivity contribution in [3.63, 3.8) is 0 Å². The van der Waals surface area contributed by atoms with E-state index in [-0.39, 0.29) is 34.2 Å². The number of amides is 1. The first-order valence-electron chi connectivity index (χ1n) is 13.3. The fraction of sp³-hybridized carbons (Fsp3) is 0.448. The lowest BCUT2D eigenvalue weighted by Crippen LogP contribution is -2.42. The molecule has 1 aliphatic rings. The van der Waals surface area contributed by atoms with Gasteiger partial charge in [0, 0.05) is 41.6 Å². The van der Waals surface area contributed by atoms with Crippen LogP contribution in [0.15, 0.2) is 41.1 Å². The second-order valence-electron chi connectivity index (χ2n) is 12.1. The van der Waals surface area contributed by atoms with Gasteiger partial charge in [-0.25, -0.2) is 19.2 Å². The molecule has 11 heteroatoms. The summed E-state index contributed by atoms with van der Waals surface area (Å²) in [4.78, 5) is 23.4. The number of piperidine rings is 1. The zero-order valence-corrected chi connectivity index (χ0v) is 24.3. The zero-order valence-electron chi connectivity index (χ0n) is 23.6. The standard InChI is InChI=1S/C29H34ClFN6O3/c1-28(2,3)34-25-20(26-33-23-15-18(30)14-21(31)24(23)39-26)13-17(16-32-25)22-9-12-37(35-22)19-7-10-36(11-8-19)27(38)40-29(4,5)6/h9,12-16,19H,7-8,10-11H2,1-6H3,(H,32,34). The van der Waals surface area contributed by atoms with E-state index in [0.29, 0.717) is 30.0 Å². The molecule has 4 heterocycles. The highest BCUT2D eigenvalue weighted by Gasteiger charge is 2.28. The first-order chi connectivity index (χ1) is 18.8. The van der Waals surface area contributed by atoms with Gasteiger partial charge in [0.15, 0.2) is 11.4 Å². The van der Waals surface area contributed by atoms with E-state index in [1.54, 1.807) is 17.2 Å². The van der Waals surface area contributed by atoms with Gasteiger partial charge in [-0.05, 0) is 78.6 Å². The van der Waals surface area contributed by atoms with Crippen molar-refractivity contribution in [1.29, 1.82) is 0 Å². The maximum absolute atomic E-state index is 14.5. The Labute approximate surface area is 237 Å². The highest BCUT2D eigenvalue weighted by molar-refractivity contribution is 6.31.